The lowest BCUT2D eigenvalue weighted by molar-refractivity contribution is -0.114. The summed E-state index contributed by atoms with van der Waals surface area (Å²) >= 11 is 0. The van der Waals surface area contributed by atoms with Gasteiger partial charge >= 0.3 is 0 Å². The first kappa shape index (κ1) is 7.46. The Hall–Kier alpha value is -1.65. The highest BCUT2D eigenvalue weighted by atomic mass is 16.1. The number of nitrogens with zero attached hydrogens (tertiary/aromatic N) is 1. The summed E-state index contributed by atoms with van der Waals surface area (Å²) in [4.78, 5) is 20.8. The van der Waals surface area contributed by atoms with Gasteiger partial charge in [-0.1, -0.05) is 0 Å². The topological polar surface area (TPSA) is 74.8 Å². The van der Waals surface area contributed by atoms with Crippen molar-refractivity contribution in [1.82, 2.24) is 10.2 Å². The fourth-order valence-corrected chi connectivity index (χ4v) is 0.656. The van der Waals surface area contributed by atoms with E-state index < -0.39 is 0 Å². The van der Waals surface area contributed by atoms with Crippen LogP contribution in [-0.4, -0.2) is 22.4 Å². The van der Waals surface area contributed by atoms with Crippen molar-refractivity contribution in [3.63, 3.8) is 0 Å². The summed E-state index contributed by atoms with van der Waals surface area (Å²) in [6.07, 6.45) is 2.03. The second-order valence-corrected chi connectivity index (χ2v) is 1.99. The van der Waals surface area contributed by atoms with Crippen LogP contribution >= 0.6 is 0 Å². The molecule has 2 N–H and O–H groups in total. The number of amides is 1. The van der Waals surface area contributed by atoms with Crippen molar-refractivity contribution in [3.05, 3.63) is 11.8 Å². The molecule has 0 spiro atoms. The molecule has 0 fully saturated rings. The van der Waals surface area contributed by atoms with E-state index in [1.54, 1.807) is 0 Å². The molecule has 0 unspecified atom stereocenters. The van der Waals surface area contributed by atoms with Gasteiger partial charge in [0.05, 0.1) is 5.56 Å². The molecule has 0 aliphatic rings. The lowest BCUT2D eigenvalue weighted by Crippen LogP contribution is -2.07. The summed E-state index contributed by atoms with van der Waals surface area (Å²) in [5.74, 6) is 0.0210. The molecule has 1 aromatic heterocycles. The Morgan fingerprint density at radius 1 is 1.82 bits per heavy atom. The minimum Gasteiger partial charge on any atom is -0.309 e. The average molecular weight is 153 g/mol. The molecule has 5 heteroatoms. The smallest absolute Gasteiger partial charge is 0.222 e. The van der Waals surface area contributed by atoms with Crippen molar-refractivity contribution >= 4 is 18.0 Å². The molecule has 1 rings (SSSR count). The van der Waals surface area contributed by atoms with Crippen molar-refractivity contribution in [2.75, 3.05) is 5.32 Å². The molecule has 11 heavy (non-hydrogen) atoms. The monoisotopic (exact) mass is 153 g/mol. The number of carbonyl (C=O) groups is 2. The van der Waals surface area contributed by atoms with Crippen LogP contribution in [0.1, 0.15) is 17.3 Å². The first-order chi connectivity index (χ1) is 5.24. The third-order valence-electron chi connectivity index (χ3n) is 1.09. The van der Waals surface area contributed by atoms with Gasteiger partial charge in [-0.2, -0.15) is 5.10 Å². The van der Waals surface area contributed by atoms with Gasteiger partial charge in [0.1, 0.15) is 0 Å². The lowest BCUT2D eigenvalue weighted by atomic mass is 10.3. The van der Waals surface area contributed by atoms with Gasteiger partial charge in [-0.15, -0.1) is 0 Å². The zero-order valence-corrected chi connectivity index (χ0v) is 5.92. The van der Waals surface area contributed by atoms with E-state index in [-0.39, 0.29) is 11.7 Å². The Morgan fingerprint density at radius 3 is 3.09 bits per heavy atom. The number of anilines is 1. The van der Waals surface area contributed by atoms with Crippen LogP contribution in [-0.2, 0) is 4.79 Å². The van der Waals surface area contributed by atoms with E-state index in [4.69, 9.17) is 0 Å². The van der Waals surface area contributed by atoms with Crippen LogP contribution in [0.15, 0.2) is 6.20 Å². The average Bonchev–Trinajstić information content (AvgIpc) is 2.34. The van der Waals surface area contributed by atoms with Crippen molar-refractivity contribution in [2.24, 2.45) is 0 Å². The maximum atomic E-state index is 10.5. The number of rotatable bonds is 2. The van der Waals surface area contributed by atoms with E-state index in [2.05, 4.69) is 15.5 Å². The summed E-state index contributed by atoms with van der Waals surface area (Å²) in [5.41, 5.74) is 0.347. The van der Waals surface area contributed by atoms with Gasteiger partial charge < -0.3 is 5.32 Å². The molecule has 1 aromatic rings. The van der Waals surface area contributed by atoms with Gasteiger partial charge in [0, 0.05) is 13.1 Å². The van der Waals surface area contributed by atoms with Gasteiger partial charge in [-0.05, 0) is 0 Å². The first-order valence-corrected chi connectivity index (χ1v) is 3.00. The summed E-state index contributed by atoms with van der Waals surface area (Å²) in [6.45, 7) is 1.35. The number of hydrogen-bond donors (Lipinski definition) is 2. The summed E-state index contributed by atoms with van der Waals surface area (Å²) in [7, 11) is 0. The Labute approximate surface area is 62.8 Å². The van der Waals surface area contributed by atoms with Crippen molar-refractivity contribution in [1.29, 1.82) is 0 Å². The number of H-pyrrole nitrogens is 1. The van der Waals surface area contributed by atoms with E-state index in [0.29, 0.717) is 11.8 Å². The van der Waals surface area contributed by atoms with E-state index in [0.717, 1.165) is 0 Å². The van der Waals surface area contributed by atoms with Crippen LogP contribution in [0.4, 0.5) is 5.82 Å². The number of nitrogens with one attached hydrogen (secondary N) is 2. The fraction of sp³-hybridized carbons (Fsp3) is 0.167. The van der Waals surface area contributed by atoms with Gasteiger partial charge in [0.25, 0.3) is 0 Å². The quantitative estimate of drug-likeness (QED) is 0.595. The van der Waals surface area contributed by atoms with E-state index in [1.807, 2.05) is 0 Å². The van der Waals surface area contributed by atoms with Crippen LogP contribution in [0.25, 0.3) is 0 Å². The van der Waals surface area contributed by atoms with Crippen molar-refractivity contribution < 1.29 is 9.59 Å². The standard InChI is InChI=1S/C6H7N3O2/c1-4(11)8-6-5(3-10)2-7-9-6/h2-3H,1H3,(H2,7,8,9,11). The third-order valence-corrected chi connectivity index (χ3v) is 1.09. The van der Waals surface area contributed by atoms with Crippen LogP contribution in [0.3, 0.4) is 0 Å². The first-order valence-electron chi connectivity index (χ1n) is 3.00. The van der Waals surface area contributed by atoms with Gasteiger partial charge in [0.15, 0.2) is 12.1 Å². The zero-order chi connectivity index (χ0) is 8.27. The number of aromatic nitrogens is 2. The molecule has 0 saturated carbocycles. The van der Waals surface area contributed by atoms with E-state index in [1.165, 1.54) is 13.1 Å². The molecule has 0 radical (unpaired) electrons. The van der Waals surface area contributed by atoms with Crippen LogP contribution in [0.2, 0.25) is 0 Å². The maximum absolute atomic E-state index is 10.5. The fourth-order valence-electron chi connectivity index (χ4n) is 0.656. The van der Waals surface area contributed by atoms with Crippen molar-refractivity contribution in [3.8, 4) is 0 Å². The molecule has 0 aliphatic carbocycles. The molecule has 0 aliphatic heterocycles. The Morgan fingerprint density at radius 2 is 2.55 bits per heavy atom. The SMILES string of the molecule is CC(=O)Nc1n[nH]cc1C=O. The molecule has 5 nitrogen and oxygen atoms in total. The van der Waals surface area contributed by atoms with Crippen LogP contribution in [0, 0.1) is 0 Å². The molecule has 1 heterocycles. The zero-order valence-electron chi connectivity index (χ0n) is 5.92. The second-order valence-electron chi connectivity index (χ2n) is 1.99. The third kappa shape index (κ3) is 1.64. The van der Waals surface area contributed by atoms with Crippen LogP contribution in [0.5, 0.6) is 0 Å². The van der Waals surface area contributed by atoms with Crippen molar-refractivity contribution in [2.45, 2.75) is 6.92 Å². The van der Waals surface area contributed by atoms with Gasteiger partial charge in [-0.25, -0.2) is 0 Å². The Bertz CT molecular complexity index is 279. The molecule has 0 bridgehead atoms. The number of hydrogen-bond acceptors (Lipinski definition) is 3. The Kier molecular flexibility index (Phi) is 2.00. The maximum Gasteiger partial charge on any atom is 0.222 e. The minimum atomic E-state index is -0.250. The molecular weight excluding hydrogens is 146 g/mol. The summed E-state index contributed by atoms with van der Waals surface area (Å²) in [6, 6.07) is 0. The largest absolute Gasteiger partial charge is 0.309 e. The van der Waals surface area contributed by atoms with Crippen LogP contribution < -0.4 is 5.32 Å². The molecular formula is C6H7N3O2. The van der Waals surface area contributed by atoms with Gasteiger partial charge in [0.2, 0.25) is 5.91 Å². The normalized spacial score (nSPS) is 9.18. The number of aldehydes is 1. The van der Waals surface area contributed by atoms with E-state index >= 15 is 0 Å². The Balaban J connectivity index is 2.84. The van der Waals surface area contributed by atoms with E-state index in [9.17, 15) is 9.59 Å². The minimum absolute atomic E-state index is 0.250. The summed E-state index contributed by atoms with van der Waals surface area (Å²) < 4.78 is 0. The predicted octanol–water partition coefficient (Wildman–Crippen LogP) is 0.181. The molecule has 0 aromatic carbocycles. The second kappa shape index (κ2) is 2.96. The highest BCUT2D eigenvalue weighted by Crippen LogP contribution is 2.06. The molecule has 58 valence electrons. The highest BCUT2D eigenvalue weighted by molar-refractivity contribution is 5.93. The molecule has 1 amide bonds. The summed E-state index contributed by atoms with van der Waals surface area (Å²) in [5, 5.41) is 8.49. The highest BCUT2D eigenvalue weighted by Gasteiger charge is 2.04. The number of carbonyl (C=O) groups excluding carboxylic acids is 2. The lowest BCUT2D eigenvalue weighted by Gasteiger charge is -1.94. The molecule has 0 saturated heterocycles. The van der Waals surface area contributed by atoms with Gasteiger partial charge in [-0.3, -0.25) is 14.7 Å². The number of aromatic amines is 1. The predicted molar refractivity (Wildman–Crippen MR) is 38.3 cm³/mol. The molecule has 0 atom stereocenters.